The molecule has 0 unspecified atom stereocenters. The monoisotopic (exact) mass is 392 g/mol. The minimum atomic E-state index is -3.54. The number of amides is 2. The summed E-state index contributed by atoms with van der Waals surface area (Å²) in [5.74, 6) is 0.162. The van der Waals surface area contributed by atoms with Crippen LogP contribution in [0.4, 0.5) is 14.9 Å². The van der Waals surface area contributed by atoms with Crippen molar-refractivity contribution in [3.05, 3.63) is 54.3 Å². The SMILES string of the molecule is COc1cccc(NC(=O)N2CCC(S(=O)(=O)c3ccc(F)cc3)CC2)c1. The van der Waals surface area contributed by atoms with Crippen molar-refractivity contribution >= 4 is 21.6 Å². The van der Waals surface area contributed by atoms with Crippen LogP contribution in [0.3, 0.4) is 0 Å². The van der Waals surface area contributed by atoms with Gasteiger partial charge >= 0.3 is 6.03 Å². The maximum absolute atomic E-state index is 13.0. The number of sulfone groups is 1. The standard InChI is InChI=1S/C19H21FN2O4S/c1-26-16-4-2-3-15(13-16)21-19(23)22-11-9-18(10-12-22)27(24,25)17-7-5-14(20)6-8-17/h2-8,13,18H,9-12H2,1H3,(H,21,23). The number of hydrogen-bond donors (Lipinski definition) is 1. The molecule has 1 aliphatic heterocycles. The van der Waals surface area contributed by atoms with Crippen LogP contribution in [0.1, 0.15) is 12.8 Å². The Morgan fingerprint density at radius 1 is 1.15 bits per heavy atom. The molecule has 1 fully saturated rings. The summed E-state index contributed by atoms with van der Waals surface area (Å²) >= 11 is 0. The lowest BCUT2D eigenvalue weighted by Gasteiger charge is -2.31. The zero-order valence-corrected chi connectivity index (χ0v) is 15.7. The number of benzene rings is 2. The third-order valence-electron chi connectivity index (χ3n) is 4.63. The van der Waals surface area contributed by atoms with Crippen LogP contribution >= 0.6 is 0 Å². The van der Waals surface area contributed by atoms with Crippen LogP contribution in [0.15, 0.2) is 53.4 Å². The van der Waals surface area contributed by atoms with E-state index in [4.69, 9.17) is 4.74 Å². The molecule has 0 aliphatic carbocycles. The molecule has 1 heterocycles. The molecular weight excluding hydrogens is 371 g/mol. The molecule has 0 bridgehead atoms. The summed E-state index contributed by atoms with van der Waals surface area (Å²) in [4.78, 5) is 14.1. The summed E-state index contributed by atoms with van der Waals surface area (Å²) in [6.07, 6.45) is 0.677. The maximum atomic E-state index is 13.0. The van der Waals surface area contributed by atoms with E-state index in [2.05, 4.69) is 5.32 Å². The van der Waals surface area contributed by atoms with Gasteiger partial charge in [-0.3, -0.25) is 0 Å². The zero-order valence-electron chi connectivity index (χ0n) is 14.9. The lowest BCUT2D eigenvalue weighted by atomic mass is 10.1. The van der Waals surface area contributed by atoms with Crippen molar-refractivity contribution in [1.29, 1.82) is 0 Å². The molecule has 8 heteroatoms. The molecule has 0 atom stereocenters. The minimum Gasteiger partial charge on any atom is -0.497 e. The third-order valence-corrected chi connectivity index (χ3v) is 6.91. The van der Waals surface area contributed by atoms with E-state index in [0.717, 1.165) is 12.1 Å². The molecule has 1 saturated heterocycles. The first-order valence-electron chi connectivity index (χ1n) is 8.59. The number of anilines is 1. The van der Waals surface area contributed by atoms with E-state index >= 15 is 0 Å². The van der Waals surface area contributed by atoms with Crippen molar-refractivity contribution in [3.63, 3.8) is 0 Å². The highest BCUT2D eigenvalue weighted by molar-refractivity contribution is 7.92. The van der Waals surface area contributed by atoms with E-state index in [-0.39, 0.29) is 10.9 Å². The molecule has 0 radical (unpaired) electrons. The Morgan fingerprint density at radius 3 is 2.44 bits per heavy atom. The van der Waals surface area contributed by atoms with Gasteiger partial charge in [0.05, 0.1) is 17.3 Å². The van der Waals surface area contributed by atoms with E-state index in [1.54, 1.807) is 36.3 Å². The number of nitrogens with one attached hydrogen (secondary N) is 1. The topological polar surface area (TPSA) is 75.7 Å². The first-order valence-corrected chi connectivity index (χ1v) is 10.1. The number of hydrogen-bond acceptors (Lipinski definition) is 4. The average molecular weight is 392 g/mol. The van der Waals surface area contributed by atoms with Crippen molar-refractivity contribution in [2.45, 2.75) is 23.0 Å². The Kier molecular flexibility index (Phi) is 5.65. The number of carbonyl (C=O) groups excluding carboxylic acids is 1. The van der Waals surface area contributed by atoms with Crippen LogP contribution in [0.5, 0.6) is 5.75 Å². The van der Waals surface area contributed by atoms with E-state index in [9.17, 15) is 17.6 Å². The van der Waals surface area contributed by atoms with E-state index in [1.807, 2.05) is 0 Å². The fraction of sp³-hybridized carbons (Fsp3) is 0.316. The van der Waals surface area contributed by atoms with Gasteiger partial charge in [0.15, 0.2) is 9.84 Å². The smallest absolute Gasteiger partial charge is 0.321 e. The van der Waals surface area contributed by atoms with Gasteiger partial charge in [-0.1, -0.05) is 6.07 Å². The molecule has 2 amide bonds. The number of piperidine rings is 1. The zero-order chi connectivity index (χ0) is 19.4. The number of likely N-dealkylation sites (tertiary alicyclic amines) is 1. The first-order chi connectivity index (χ1) is 12.9. The molecule has 3 rings (SSSR count). The van der Waals surface area contributed by atoms with Gasteiger partial charge in [0.1, 0.15) is 11.6 Å². The van der Waals surface area contributed by atoms with Crippen LogP contribution in [0, 0.1) is 5.82 Å². The molecule has 27 heavy (non-hydrogen) atoms. The van der Waals surface area contributed by atoms with Gasteiger partial charge in [0, 0.05) is 24.8 Å². The largest absolute Gasteiger partial charge is 0.497 e. The Morgan fingerprint density at radius 2 is 1.81 bits per heavy atom. The van der Waals surface area contributed by atoms with Crippen molar-refractivity contribution in [2.75, 3.05) is 25.5 Å². The molecule has 0 spiro atoms. The predicted molar refractivity (Wildman–Crippen MR) is 100 cm³/mol. The normalized spacial score (nSPS) is 15.4. The van der Waals surface area contributed by atoms with Gasteiger partial charge < -0.3 is 15.0 Å². The van der Waals surface area contributed by atoms with Crippen LogP contribution in [0.25, 0.3) is 0 Å². The van der Waals surface area contributed by atoms with Crippen LogP contribution in [-0.2, 0) is 9.84 Å². The highest BCUT2D eigenvalue weighted by atomic mass is 32.2. The molecule has 6 nitrogen and oxygen atoms in total. The molecule has 1 N–H and O–H groups in total. The second-order valence-electron chi connectivity index (χ2n) is 6.35. The molecule has 2 aromatic carbocycles. The van der Waals surface area contributed by atoms with Crippen LogP contribution in [0.2, 0.25) is 0 Å². The Bertz CT molecular complexity index is 908. The fourth-order valence-electron chi connectivity index (χ4n) is 3.09. The molecule has 0 aromatic heterocycles. The molecular formula is C19H21FN2O4S. The van der Waals surface area contributed by atoms with E-state index < -0.39 is 20.9 Å². The predicted octanol–water partition coefficient (Wildman–Crippen LogP) is 3.30. The Labute approximate surface area is 157 Å². The quantitative estimate of drug-likeness (QED) is 0.810. The van der Waals surface area contributed by atoms with Crippen molar-refractivity contribution in [1.82, 2.24) is 4.90 Å². The number of urea groups is 1. The summed E-state index contributed by atoms with van der Waals surface area (Å²) in [5.41, 5.74) is 0.611. The number of rotatable bonds is 4. The summed E-state index contributed by atoms with van der Waals surface area (Å²) in [7, 11) is -1.99. The van der Waals surface area contributed by atoms with Crippen molar-refractivity contribution < 1.29 is 22.3 Å². The van der Waals surface area contributed by atoms with Crippen LogP contribution < -0.4 is 10.1 Å². The van der Waals surface area contributed by atoms with Gasteiger partial charge in [-0.15, -0.1) is 0 Å². The summed E-state index contributed by atoms with van der Waals surface area (Å²) in [6.45, 7) is 0.668. The summed E-state index contributed by atoms with van der Waals surface area (Å²) in [5, 5.41) is 2.21. The fourth-order valence-corrected chi connectivity index (χ4v) is 4.82. The molecule has 2 aromatic rings. The van der Waals surface area contributed by atoms with Gasteiger partial charge in [0.25, 0.3) is 0 Å². The Balaban J connectivity index is 1.61. The van der Waals surface area contributed by atoms with E-state index in [0.29, 0.717) is 37.4 Å². The second-order valence-corrected chi connectivity index (χ2v) is 8.58. The van der Waals surface area contributed by atoms with E-state index in [1.165, 1.54) is 12.1 Å². The number of carbonyl (C=O) groups is 1. The van der Waals surface area contributed by atoms with Gasteiger partial charge in [-0.05, 0) is 49.2 Å². The lowest BCUT2D eigenvalue weighted by Crippen LogP contribution is -2.44. The Hall–Kier alpha value is -2.61. The summed E-state index contributed by atoms with van der Waals surface area (Å²) in [6, 6.07) is 11.6. The number of ether oxygens (including phenoxy) is 1. The number of methoxy groups -OCH3 is 1. The lowest BCUT2D eigenvalue weighted by molar-refractivity contribution is 0.200. The third kappa shape index (κ3) is 4.39. The first kappa shape index (κ1) is 19.2. The molecule has 1 aliphatic rings. The minimum absolute atomic E-state index is 0.114. The highest BCUT2D eigenvalue weighted by Gasteiger charge is 2.32. The van der Waals surface area contributed by atoms with Gasteiger partial charge in [-0.2, -0.15) is 0 Å². The average Bonchev–Trinajstić information content (AvgIpc) is 2.68. The molecule has 144 valence electrons. The number of halogens is 1. The van der Waals surface area contributed by atoms with Gasteiger partial charge in [-0.25, -0.2) is 17.6 Å². The summed E-state index contributed by atoms with van der Waals surface area (Å²) < 4.78 is 43.5. The second kappa shape index (κ2) is 7.96. The van der Waals surface area contributed by atoms with Crippen molar-refractivity contribution in [3.8, 4) is 5.75 Å². The van der Waals surface area contributed by atoms with Gasteiger partial charge in [0.2, 0.25) is 0 Å². The van der Waals surface area contributed by atoms with Crippen molar-refractivity contribution in [2.24, 2.45) is 0 Å². The molecule has 0 saturated carbocycles. The number of nitrogens with zero attached hydrogens (tertiary/aromatic N) is 1. The van der Waals surface area contributed by atoms with Crippen LogP contribution in [-0.4, -0.2) is 44.8 Å². The maximum Gasteiger partial charge on any atom is 0.321 e. The highest BCUT2D eigenvalue weighted by Crippen LogP contribution is 2.25.